The Labute approximate surface area is 131 Å². The Morgan fingerprint density at radius 2 is 1.86 bits per heavy atom. The van der Waals surface area contributed by atoms with Crippen LogP contribution in [0, 0.1) is 0 Å². The van der Waals surface area contributed by atoms with Crippen molar-refractivity contribution in [3.05, 3.63) is 29.8 Å². The Morgan fingerprint density at radius 1 is 1.24 bits per heavy atom. The van der Waals surface area contributed by atoms with Crippen LogP contribution in [-0.2, 0) is 4.79 Å². The molecule has 118 valence electrons. The van der Waals surface area contributed by atoms with Gasteiger partial charge in [0.15, 0.2) is 0 Å². The topological polar surface area (TPSA) is 70.7 Å². The fourth-order valence-electron chi connectivity index (χ4n) is 1.54. The van der Waals surface area contributed by atoms with E-state index in [0.717, 1.165) is 0 Å². The number of benzene rings is 1. The van der Waals surface area contributed by atoms with Gasteiger partial charge in [-0.3, -0.25) is 9.59 Å². The highest BCUT2D eigenvalue weighted by Crippen LogP contribution is 2.10. The molecule has 0 fully saturated rings. The predicted molar refractivity (Wildman–Crippen MR) is 84.1 cm³/mol. The number of hydrogen-bond donors (Lipinski definition) is 2. The van der Waals surface area contributed by atoms with Gasteiger partial charge < -0.3 is 20.3 Å². The number of amides is 2. The number of rotatable bonds is 7. The van der Waals surface area contributed by atoms with Crippen molar-refractivity contribution in [1.29, 1.82) is 0 Å². The minimum absolute atomic E-state index is 0. The molecule has 0 unspecified atom stereocenters. The fourth-order valence-corrected chi connectivity index (χ4v) is 1.54. The molecule has 21 heavy (non-hydrogen) atoms. The average molecular weight is 316 g/mol. The first-order valence-corrected chi connectivity index (χ1v) is 6.39. The molecule has 0 heterocycles. The molecular weight excluding hydrogens is 294 g/mol. The lowest BCUT2D eigenvalue weighted by atomic mass is 10.2. The van der Waals surface area contributed by atoms with Gasteiger partial charge >= 0.3 is 0 Å². The van der Waals surface area contributed by atoms with Crippen LogP contribution in [0.25, 0.3) is 0 Å². The van der Waals surface area contributed by atoms with Crippen LogP contribution in [0.5, 0.6) is 5.75 Å². The van der Waals surface area contributed by atoms with Gasteiger partial charge in [-0.15, -0.1) is 12.4 Å². The minimum Gasteiger partial charge on any atom is -0.497 e. The maximum absolute atomic E-state index is 11.9. The van der Waals surface area contributed by atoms with E-state index in [2.05, 4.69) is 10.6 Å². The van der Waals surface area contributed by atoms with Crippen molar-refractivity contribution in [3.8, 4) is 5.75 Å². The Kier molecular flexibility index (Phi) is 9.16. The van der Waals surface area contributed by atoms with Crippen LogP contribution >= 0.6 is 12.4 Å². The van der Waals surface area contributed by atoms with E-state index < -0.39 is 0 Å². The average Bonchev–Trinajstić information content (AvgIpc) is 2.49. The number of methoxy groups -OCH3 is 1. The maximum atomic E-state index is 11.9. The number of nitrogens with one attached hydrogen (secondary N) is 2. The summed E-state index contributed by atoms with van der Waals surface area (Å²) in [5.41, 5.74) is 0.497. The first-order chi connectivity index (χ1) is 9.58. The minimum atomic E-state index is -0.275. The van der Waals surface area contributed by atoms with Crippen molar-refractivity contribution in [2.45, 2.75) is 0 Å². The fraction of sp³-hybridized carbons (Fsp3) is 0.429. The number of carbonyl (C=O) groups is 2. The first-order valence-electron chi connectivity index (χ1n) is 6.39. The van der Waals surface area contributed by atoms with Crippen LogP contribution in [0.1, 0.15) is 10.4 Å². The highest BCUT2D eigenvalue weighted by molar-refractivity contribution is 5.96. The quantitative estimate of drug-likeness (QED) is 0.770. The van der Waals surface area contributed by atoms with Crippen LogP contribution in [0.15, 0.2) is 24.3 Å². The second-order valence-electron chi connectivity index (χ2n) is 4.33. The van der Waals surface area contributed by atoms with E-state index in [4.69, 9.17) is 4.74 Å². The molecule has 1 rings (SSSR count). The van der Waals surface area contributed by atoms with Gasteiger partial charge in [-0.1, -0.05) is 0 Å². The van der Waals surface area contributed by atoms with E-state index in [-0.39, 0.29) is 30.8 Å². The molecule has 0 aliphatic rings. The van der Waals surface area contributed by atoms with Crippen molar-refractivity contribution in [1.82, 2.24) is 15.5 Å². The molecule has 0 radical (unpaired) electrons. The van der Waals surface area contributed by atoms with E-state index in [1.165, 1.54) is 0 Å². The molecule has 6 nitrogen and oxygen atoms in total. The van der Waals surface area contributed by atoms with E-state index in [1.807, 2.05) is 7.05 Å². The summed E-state index contributed by atoms with van der Waals surface area (Å²) in [4.78, 5) is 25.2. The third kappa shape index (κ3) is 6.46. The largest absolute Gasteiger partial charge is 0.497 e. The summed E-state index contributed by atoms with van der Waals surface area (Å²) < 4.78 is 5.02. The zero-order valence-corrected chi connectivity index (χ0v) is 13.3. The second-order valence-corrected chi connectivity index (χ2v) is 4.33. The Balaban J connectivity index is 0.00000400. The van der Waals surface area contributed by atoms with E-state index >= 15 is 0 Å². The molecule has 1 aromatic rings. The molecule has 0 saturated heterocycles. The maximum Gasteiger partial charge on any atom is 0.251 e. The summed E-state index contributed by atoms with van der Waals surface area (Å²) in [6.45, 7) is 1.31. The Hall–Kier alpha value is -1.79. The summed E-state index contributed by atoms with van der Waals surface area (Å²) in [7, 11) is 5.09. The monoisotopic (exact) mass is 315 g/mol. The van der Waals surface area contributed by atoms with Gasteiger partial charge in [0.25, 0.3) is 5.91 Å². The van der Waals surface area contributed by atoms with Gasteiger partial charge in [-0.2, -0.15) is 0 Å². The summed E-state index contributed by atoms with van der Waals surface area (Å²) in [6.07, 6.45) is 0. The number of nitrogens with zero attached hydrogens (tertiary/aromatic N) is 1. The van der Waals surface area contributed by atoms with Crippen molar-refractivity contribution >= 4 is 24.2 Å². The van der Waals surface area contributed by atoms with Gasteiger partial charge in [0.1, 0.15) is 5.75 Å². The third-order valence-corrected chi connectivity index (χ3v) is 2.88. The van der Waals surface area contributed by atoms with Gasteiger partial charge in [0.2, 0.25) is 5.91 Å². The molecule has 0 atom stereocenters. The summed E-state index contributed by atoms with van der Waals surface area (Å²) >= 11 is 0. The van der Waals surface area contributed by atoms with Crippen molar-refractivity contribution in [2.75, 3.05) is 40.8 Å². The predicted octanol–water partition coefficient (Wildman–Crippen LogP) is 0.525. The van der Waals surface area contributed by atoms with Crippen molar-refractivity contribution < 1.29 is 14.3 Å². The number of carbonyl (C=O) groups excluding carboxylic acids is 2. The highest BCUT2D eigenvalue weighted by atomic mass is 35.5. The van der Waals surface area contributed by atoms with Crippen LogP contribution in [0.4, 0.5) is 0 Å². The molecule has 0 bridgehead atoms. The van der Waals surface area contributed by atoms with Gasteiger partial charge in [-0.05, 0) is 31.3 Å². The molecule has 2 amide bonds. The molecule has 0 aliphatic carbocycles. The normalized spacial score (nSPS) is 9.48. The Morgan fingerprint density at radius 3 is 2.38 bits per heavy atom. The molecule has 0 aliphatic heterocycles. The lowest BCUT2D eigenvalue weighted by Gasteiger charge is -2.17. The zero-order valence-electron chi connectivity index (χ0n) is 12.5. The van der Waals surface area contributed by atoms with E-state index in [1.54, 1.807) is 43.3 Å². The zero-order chi connectivity index (χ0) is 15.0. The third-order valence-electron chi connectivity index (χ3n) is 2.88. The van der Waals surface area contributed by atoms with Gasteiger partial charge in [0.05, 0.1) is 13.7 Å². The molecule has 0 aromatic heterocycles. The molecule has 2 N–H and O–H groups in total. The van der Waals surface area contributed by atoms with Crippen molar-refractivity contribution in [3.63, 3.8) is 0 Å². The molecule has 1 aromatic carbocycles. The lowest BCUT2D eigenvalue weighted by molar-refractivity contribution is -0.128. The number of ether oxygens (including phenoxy) is 1. The van der Waals surface area contributed by atoms with Crippen LogP contribution in [0.2, 0.25) is 0 Å². The highest BCUT2D eigenvalue weighted by Gasteiger charge is 2.11. The molecular formula is C14H22ClN3O3. The van der Waals surface area contributed by atoms with Crippen LogP contribution < -0.4 is 15.4 Å². The molecule has 7 heteroatoms. The van der Waals surface area contributed by atoms with Gasteiger partial charge in [-0.25, -0.2) is 0 Å². The number of halogens is 1. The smallest absolute Gasteiger partial charge is 0.251 e. The standard InChI is InChI=1S/C14H21N3O3.ClH/c1-15-8-9-17(2)13(18)10-16-14(19)11-4-6-12(20-3)7-5-11;/h4-7,15H,8-10H2,1-3H3,(H,16,19);1H. The van der Waals surface area contributed by atoms with E-state index in [9.17, 15) is 9.59 Å². The van der Waals surface area contributed by atoms with Gasteiger partial charge in [0, 0.05) is 25.7 Å². The summed E-state index contributed by atoms with van der Waals surface area (Å²) in [5, 5.41) is 5.56. The lowest BCUT2D eigenvalue weighted by Crippen LogP contribution is -2.40. The molecule has 0 saturated carbocycles. The summed E-state index contributed by atoms with van der Waals surface area (Å²) in [5.74, 6) is 0.287. The van der Waals surface area contributed by atoms with Crippen LogP contribution in [0.3, 0.4) is 0 Å². The SMILES string of the molecule is CNCCN(C)C(=O)CNC(=O)c1ccc(OC)cc1.Cl. The van der Waals surface area contributed by atoms with E-state index in [0.29, 0.717) is 24.4 Å². The molecule has 0 spiro atoms. The second kappa shape index (κ2) is 10.0. The summed E-state index contributed by atoms with van der Waals surface area (Å²) in [6, 6.07) is 6.72. The first kappa shape index (κ1) is 19.2. The number of likely N-dealkylation sites (N-methyl/N-ethyl adjacent to an activating group) is 2. The number of hydrogen-bond acceptors (Lipinski definition) is 4. The van der Waals surface area contributed by atoms with Crippen LogP contribution in [-0.4, -0.2) is 57.6 Å². The Bertz CT molecular complexity index is 451. The van der Waals surface area contributed by atoms with Crippen molar-refractivity contribution in [2.24, 2.45) is 0 Å².